The third-order valence-corrected chi connectivity index (χ3v) is 4.16. The number of hydrazine groups is 1. The van der Waals surface area contributed by atoms with Crippen molar-refractivity contribution >= 4 is 38.5 Å². The second-order valence-corrected chi connectivity index (χ2v) is 5.77. The van der Waals surface area contributed by atoms with E-state index in [1.54, 1.807) is 0 Å². The van der Waals surface area contributed by atoms with Gasteiger partial charge in [-0.3, -0.25) is 11.3 Å². The summed E-state index contributed by atoms with van der Waals surface area (Å²) in [5.74, 6) is 6.16. The van der Waals surface area contributed by atoms with Crippen molar-refractivity contribution in [3.8, 4) is 0 Å². The Kier molecular flexibility index (Phi) is 5.52. The smallest absolute Gasteiger partial charge is 0.0496 e. The lowest BCUT2D eigenvalue weighted by Crippen LogP contribution is -2.32. The quantitative estimate of drug-likeness (QED) is 0.474. The highest BCUT2D eigenvalue weighted by Crippen LogP contribution is 2.29. The standard InChI is InChI=1S/C11H16BrIN2/c1-3-7(2)11(15-14)9-6-8(12)4-5-10(9)13/h4-7,11,15H,3,14H2,1-2H3. The molecule has 1 aromatic rings. The molecule has 0 saturated heterocycles. The number of halogens is 2. The molecule has 0 aliphatic carbocycles. The molecule has 0 spiro atoms. The topological polar surface area (TPSA) is 38.0 Å². The van der Waals surface area contributed by atoms with Crippen LogP contribution >= 0.6 is 38.5 Å². The van der Waals surface area contributed by atoms with Gasteiger partial charge in [0.15, 0.2) is 0 Å². The molecule has 2 unspecified atom stereocenters. The van der Waals surface area contributed by atoms with Gasteiger partial charge in [0.25, 0.3) is 0 Å². The highest BCUT2D eigenvalue weighted by molar-refractivity contribution is 14.1. The van der Waals surface area contributed by atoms with Crippen LogP contribution in [0.4, 0.5) is 0 Å². The Hall–Kier alpha value is 0.350. The van der Waals surface area contributed by atoms with E-state index < -0.39 is 0 Å². The molecule has 0 bridgehead atoms. The summed E-state index contributed by atoms with van der Waals surface area (Å²) in [7, 11) is 0. The van der Waals surface area contributed by atoms with Crippen LogP contribution in [0.25, 0.3) is 0 Å². The number of hydrogen-bond donors (Lipinski definition) is 2. The van der Waals surface area contributed by atoms with Crippen LogP contribution in [-0.2, 0) is 0 Å². The summed E-state index contributed by atoms with van der Waals surface area (Å²) in [6, 6.07) is 6.51. The highest BCUT2D eigenvalue weighted by atomic mass is 127. The van der Waals surface area contributed by atoms with Crippen LogP contribution in [0.2, 0.25) is 0 Å². The van der Waals surface area contributed by atoms with Crippen molar-refractivity contribution in [1.29, 1.82) is 0 Å². The number of hydrogen-bond acceptors (Lipinski definition) is 2. The van der Waals surface area contributed by atoms with Crippen LogP contribution in [0.15, 0.2) is 22.7 Å². The Labute approximate surface area is 113 Å². The van der Waals surface area contributed by atoms with Crippen molar-refractivity contribution in [3.63, 3.8) is 0 Å². The summed E-state index contributed by atoms with van der Waals surface area (Å²) in [4.78, 5) is 0. The van der Waals surface area contributed by atoms with Gasteiger partial charge < -0.3 is 0 Å². The van der Waals surface area contributed by atoms with Gasteiger partial charge in [-0.1, -0.05) is 36.2 Å². The summed E-state index contributed by atoms with van der Waals surface area (Å²) < 4.78 is 2.35. The highest BCUT2D eigenvalue weighted by Gasteiger charge is 2.18. The number of nitrogens with two attached hydrogens (primary N) is 1. The second kappa shape index (κ2) is 6.18. The summed E-state index contributed by atoms with van der Waals surface area (Å²) in [5.41, 5.74) is 4.18. The van der Waals surface area contributed by atoms with E-state index in [1.807, 2.05) is 0 Å². The van der Waals surface area contributed by atoms with Gasteiger partial charge in [-0.25, -0.2) is 0 Å². The van der Waals surface area contributed by atoms with Crippen LogP contribution < -0.4 is 11.3 Å². The zero-order chi connectivity index (χ0) is 11.4. The molecule has 0 heterocycles. The lowest BCUT2D eigenvalue weighted by Gasteiger charge is -2.23. The molecular formula is C11H16BrIN2. The van der Waals surface area contributed by atoms with Crippen LogP contribution in [0.1, 0.15) is 31.9 Å². The molecule has 15 heavy (non-hydrogen) atoms. The molecule has 1 rings (SSSR count). The average Bonchev–Trinajstić information content (AvgIpc) is 2.23. The lowest BCUT2D eigenvalue weighted by atomic mass is 9.93. The van der Waals surface area contributed by atoms with Gasteiger partial charge in [-0.15, -0.1) is 0 Å². The molecule has 0 fully saturated rings. The van der Waals surface area contributed by atoms with Gasteiger partial charge in [0.05, 0.1) is 0 Å². The molecular weight excluding hydrogens is 367 g/mol. The second-order valence-electron chi connectivity index (χ2n) is 3.70. The lowest BCUT2D eigenvalue weighted by molar-refractivity contribution is 0.381. The minimum absolute atomic E-state index is 0.222. The first kappa shape index (κ1) is 13.4. The largest absolute Gasteiger partial charge is 0.271 e. The van der Waals surface area contributed by atoms with Gasteiger partial charge >= 0.3 is 0 Å². The minimum atomic E-state index is 0.222. The molecule has 0 aliphatic heterocycles. The maximum absolute atomic E-state index is 5.63. The van der Waals surface area contributed by atoms with Crippen LogP contribution in [0.5, 0.6) is 0 Å². The fourth-order valence-corrected chi connectivity index (χ4v) is 2.60. The third kappa shape index (κ3) is 3.41. The van der Waals surface area contributed by atoms with Crippen molar-refractivity contribution < 1.29 is 0 Å². The van der Waals surface area contributed by atoms with Crippen LogP contribution in [-0.4, -0.2) is 0 Å². The predicted octanol–water partition coefficient (Wildman–Crippen LogP) is 3.60. The normalized spacial score (nSPS) is 15.0. The van der Waals surface area contributed by atoms with Crippen molar-refractivity contribution in [3.05, 3.63) is 31.8 Å². The SMILES string of the molecule is CCC(C)C(NN)c1cc(Br)ccc1I. The zero-order valence-electron chi connectivity index (χ0n) is 8.93. The maximum atomic E-state index is 5.63. The van der Waals surface area contributed by atoms with Crippen molar-refractivity contribution in [2.24, 2.45) is 11.8 Å². The van der Waals surface area contributed by atoms with E-state index in [9.17, 15) is 0 Å². The Bertz CT molecular complexity index is 330. The van der Waals surface area contributed by atoms with E-state index in [4.69, 9.17) is 5.84 Å². The minimum Gasteiger partial charge on any atom is -0.271 e. The summed E-state index contributed by atoms with van der Waals surface area (Å²) in [6.45, 7) is 4.39. The Morgan fingerprint density at radius 3 is 2.73 bits per heavy atom. The molecule has 2 atom stereocenters. The molecule has 4 heteroatoms. The summed E-state index contributed by atoms with van der Waals surface area (Å²) >= 11 is 5.84. The fraction of sp³-hybridized carbons (Fsp3) is 0.455. The third-order valence-electron chi connectivity index (χ3n) is 2.69. The molecule has 84 valence electrons. The first-order valence-electron chi connectivity index (χ1n) is 5.01. The molecule has 2 nitrogen and oxygen atoms in total. The number of nitrogens with one attached hydrogen (secondary N) is 1. The van der Waals surface area contributed by atoms with E-state index in [2.05, 4.69) is 76.0 Å². The number of rotatable bonds is 4. The molecule has 0 amide bonds. The maximum Gasteiger partial charge on any atom is 0.0496 e. The average molecular weight is 383 g/mol. The monoisotopic (exact) mass is 382 g/mol. The van der Waals surface area contributed by atoms with Crippen molar-refractivity contribution in [2.45, 2.75) is 26.3 Å². The van der Waals surface area contributed by atoms with Crippen molar-refractivity contribution in [1.82, 2.24) is 5.43 Å². The molecule has 0 saturated carbocycles. The zero-order valence-corrected chi connectivity index (χ0v) is 12.7. The van der Waals surface area contributed by atoms with E-state index in [0.717, 1.165) is 10.9 Å². The van der Waals surface area contributed by atoms with Gasteiger partial charge in [-0.2, -0.15) is 0 Å². The van der Waals surface area contributed by atoms with Gasteiger partial charge in [-0.05, 0) is 52.3 Å². The Morgan fingerprint density at radius 1 is 1.53 bits per heavy atom. The van der Waals surface area contributed by atoms with Gasteiger partial charge in [0.1, 0.15) is 0 Å². The first-order chi connectivity index (χ1) is 7.10. The first-order valence-corrected chi connectivity index (χ1v) is 6.88. The molecule has 0 aromatic heterocycles. The van der Waals surface area contributed by atoms with E-state index >= 15 is 0 Å². The van der Waals surface area contributed by atoms with Gasteiger partial charge in [0, 0.05) is 14.1 Å². The Balaban J connectivity index is 3.05. The molecule has 0 radical (unpaired) electrons. The molecule has 1 aromatic carbocycles. The molecule has 0 aliphatic rings. The van der Waals surface area contributed by atoms with E-state index in [-0.39, 0.29) is 6.04 Å². The predicted molar refractivity (Wildman–Crippen MR) is 76.4 cm³/mol. The van der Waals surface area contributed by atoms with Crippen LogP contribution in [0, 0.1) is 9.49 Å². The summed E-state index contributed by atoms with van der Waals surface area (Å²) in [5, 5.41) is 0. The van der Waals surface area contributed by atoms with E-state index in [0.29, 0.717) is 5.92 Å². The summed E-state index contributed by atoms with van der Waals surface area (Å²) in [6.07, 6.45) is 1.11. The van der Waals surface area contributed by atoms with Gasteiger partial charge in [0.2, 0.25) is 0 Å². The van der Waals surface area contributed by atoms with Crippen molar-refractivity contribution in [2.75, 3.05) is 0 Å². The fourth-order valence-electron chi connectivity index (χ4n) is 1.55. The number of benzene rings is 1. The van der Waals surface area contributed by atoms with E-state index in [1.165, 1.54) is 9.13 Å². The van der Waals surface area contributed by atoms with Crippen LogP contribution in [0.3, 0.4) is 0 Å². The molecule has 3 N–H and O–H groups in total. The Morgan fingerprint density at radius 2 is 2.20 bits per heavy atom.